The van der Waals surface area contributed by atoms with E-state index >= 15 is 0 Å². The van der Waals surface area contributed by atoms with Crippen LogP contribution in [0.15, 0.2) is 48.5 Å². The fourth-order valence-electron chi connectivity index (χ4n) is 2.24. The zero-order chi connectivity index (χ0) is 21.2. The van der Waals surface area contributed by atoms with Crippen LogP contribution in [0, 0.1) is 0 Å². The molecule has 3 N–H and O–H groups in total. The molecule has 0 atom stereocenters. The first-order valence-electron chi connectivity index (χ1n) is 8.73. The average molecular weight is 399 g/mol. The SMILES string of the molecule is CCOC(=O)c1ccc(NC(=O)CNC(=O)C(=O)Nc2cccc(OC)c2)cc1. The lowest BCUT2D eigenvalue weighted by Crippen LogP contribution is -2.39. The van der Waals surface area contributed by atoms with E-state index in [0.29, 0.717) is 22.7 Å². The summed E-state index contributed by atoms with van der Waals surface area (Å²) in [6, 6.07) is 12.6. The lowest BCUT2D eigenvalue weighted by Gasteiger charge is -2.09. The Kier molecular flexibility index (Phi) is 7.72. The fourth-order valence-corrected chi connectivity index (χ4v) is 2.24. The van der Waals surface area contributed by atoms with Gasteiger partial charge in [-0.3, -0.25) is 14.4 Å². The summed E-state index contributed by atoms with van der Waals surface area (Å²) in [5.41, 5.74) is 1.17. The Morgan fingerprint density at radius 3 is 2.28 bits per heavy atom. The van der Waals surface area contributed by atoms with Crippen molar-refractivity contribution in [2.24, 2.45) is 0 Å². The average Bonchev–Trinajstić information content (AvgIpc) is 2.72. The number of nitrogens with one attached hydrogen (secondary N) is 3. The molecular formula is C20H21N3O6. The van der Waals surface area contributed by atoms with E-state index in [1.807, 2.05) is 0 Å². The van der Waals surface area contributed by atoms with Crippen LogP contribution >= 0.6 is 0 Å². The maximum Gasteiger partial charge on any atom is 0.338 e. The van der Waals surface area contributed by atoms with Gasteiger partial charge in [0.2, 0.25) is 5.91 Å². The van der Waals surface area contributed by atoms with Gasteiger partial charge in [0, 0.05) is 17.4 Å². The van der Waals surface area contributed by atoms with Crippen molar-refractivity contribution in [3.8, 4) is 5.75 Å². The highest BCUT2D eigenvalue weighted by atomic mass is 16.5. The number of benzene rings is 2. The number of rotatable bonds is 7. The second-order valence-corrected chi connectivity index (χ2v) is 5.71. The fraction of sp³-hybridized carbons (Fsp3) is 0.200. The molecule has 9 heteroatoms. The molecular weight excluding hydrogens is 378 g/mol. The third kappa shape index (κ3) is 6.65. The molecule has 29 heavy (non-hydrogen) atoms. The number of amides is 3. The zero-order valence-electron chi connectivity index (χ0n) is 16.0. The van der Waals surface area contributed by atoms with Gasteiger partial charge in [0.1, 0.15) is 5.75 Å². The van der Waals surface area contributed by atoms with Gasteiger partial charge in [-0.1, -0.05) is 6.07 Å². The Bertz CT molecular complexity index is 895. The van der Waals surface area contributed by atoms with Crippen molar-refractivity contribution < 1.29 is 28.7 Å². The number of carbonyl (C=O) groups excluding carboxylic acids is 4. The molecule has 0 radical (unpaired) electrons. The number of esters is 1. The third-order valence-corrected chi connectivity index (χ3v) is 3.62. The van der Waals surface area contributed by atoms with E-state index in [9.17, 15) is 19.2 Å². The summed E-state index contributed by atoms with van der Waals surface area (Å²) in [6.07, 6.45) is 0. The highest BCUT2D eigenvalue weighted by Crippen LogP contribution is 2.16. The Labute approximate surface area is 167 Å². The molecule has 0 bridgehead atoms. The van der Waals surface area contributed by atoms with Crippen molar-refractivity contribution in [2.75, 3.05) is 30.9 Å². The minimum absolute atomic E-state index is 0.266. The lowest BCUT2D eigenvalue weighted by molar-refractivity contribution is -0.136. The highest BCUT2D eigenvalue weighted by Gasteiger charge is 2.15. The Morgan fingerprint density at radius 1 is 0.897 bits per heavy atom. The second kappa shape index (κ2) is 10.5. The molecule has 0 unspecified atom stereocenters. The van der Waals surface area contributed by atoms with Gasteiger partial charge in [0.15, 0.2) is 0 Å². The molecule has 0 fully saturated rings. The van der Waals surface area contributed by atoms with Crippen LogP contribution in [0.1, 0.15) is 17.3 Å². The second-order valence-electron chi connectivity index (χ2n) is 5.71. The molecule has 3 amide bonds. The van der Waals surface area contributed by atoms with Crippen LogP contribution in [0.5, 0.6) is 5.75 Å². The van der Waals surface area contributed by atoms with Gasteiger partial charge in [0.05, 0.1) is 25.8 Å². The molecule has 0 saturated heterocycles. The van der Waals surface area contributed by atoms with E-state index in [4.69, 9.17) is 9.47 Å². The first kappa shape index (κ1) is 21.4. The maximum atomic E-state index is 11.9. The van der Waals surface area contributed by atoms with Gasteiger partial charge in [0.25, 0.3) is 0 Å². The molecule has 0 spiro atoms. The molecule has 9 nitrogen and oxygen atoms in total. The molecule has 0 saturated carbocycles. The van der Waals surface area contributed by atoms with E-state index in [1.54, 1.807) is 31.2 Å². The molecule has 2 aromatic carbocycles. The van der Waals surface area contributed by atoms with Gasteiger partial charge in [-0.25, -0.2) is 4.79 Å². The first-order valence-corrected chi connectivity index (χ1v) is 8.73. The Morgan fingerprint density at radius 2 is 1.62 bits per heavy atom. The van der Waals surface area contributed by atoms with Crippen LogP contribution in [-0.4, -0.2) is 44.0 Å². The van der Waals surface area contributed by atoms with Crippen molar-refractivity contribution >= 4 is 35.1 Å². The van der Waals surface area contributed by atoms with Gasteiger partial charge < -0.3 is 25.4 Å². The monoisotopic (exact) mass is 399 g/mol. The van der Waals surface area contributed by atoms with E-state index < -0.39 is 30.2 Å². The van der Waals surface area contributed by atoms with E-state index in [2.05, 4.69) is 16.0 Å². The van der Waals surface area contributed by atoms with Crippen molar-refractivity contribution in [1.29, 1.82) is 0 Å². The zero-order valence-corrected chi connectivity index (χ0v) is 16.0. The molecule has 2 rings (SSSR count). The van der Waals surface area contributed by atoms with E-state index in [0.717, 1.165) is 0 Å². The molecule has 0 heterocycles. The standard InChI is InChI=1S/C20H21N3O6/c1-3-29-20(27)13-7-9-14(10-8-13)22-17(24)12-21-18(25)19(26)23-15-5-4-6-16(11-15)28-2/h4-11H,3,12H2,1-2H3,(H,21,25)(H,22,24)(H,23,26). The van der Waals surface area contributed by atoms with Crippen LogP contribution in [0.3, 0.4) is 0 Å². The minimum Gasteiger partial charge on any atom is -0.497 e. The van der Waals surface area contributed by atoms with Gasteiger partial charge in [-0.2, -0.15) is 0 Å². The largest absolute Gasteiger partial charge is 0.497 e. The number of ether oxygens (including phenoxy) is 2. The van der Waals surface area contributed by atoms with Crippen LogP contribution < -0.4 is 20.7 Å². The van der Waals surface area contributed by atoms with Crippen LogP contribution in [0.2, 0.25) is 0 Å². The quantitative estimate of drug-likeness (QED) is 0.480. The number of anilines is 2. The molecule has 0 aliphatic rings. The Hall–Kier alpha value is -3.88. The molecule has 0 aliphatic carbocycles. The normalized spacial score (nSPS) is 9.86. The third-order valence-electron chi connectivity index (χ3n) is 3.62. The smallest absolute Gasteiger partial charge is 0.338 e. The highest BCUT2D eigenvalue weighted by molar-refractivity contribution is 6.39. The molecule has 2 aromatic rings. The number of hydrogen-bond donors (Lipinski definition) is 3. The van der Waals surface area contributed by atoms with Gasteiger partial charge in [-0.05, 0) is 43.3 Å². The van der Waals surface area contributed by atoms with Crippen LogP contribution in [-0.2, 0) is 19.1 Å². The predicted molar refractivity (Wildman–Crippen MR) is 106 cm³/mol. The minimum atomic E-state index is -0.958. The molecule has 152 valence electrons. The summed E-state index contributed by atoms with van der Waals surface area (Å²) >= 11 is 0. The summed E-state index contributed by atoms with van der Waals surface area (Å²) in [5, 5.41) is 7.18. The summed E-state index contributed by atoms with van der Waals surface area (Å²) in [5.74, 6) is -2.34. The topological polar surface area (TPSA) is 123 Å². The molecule has 0 aromatic heterocycles. The summed E-state index contributed by atoms with van der Waals surface area (Å²) in [4.78, 5) is 47.3. The van der Waals surface area contributed by atoms with Crippen molar-refractivity contribution in [3.63, 3.8) is 0 Å². The Balaban J connectivity index is 1.81. The molecule has 0 aliphatic heterocycles. The van der Waals surface area contributed by atoms with E-state index in [-0.39, 0.29) is 6.61 Å². The van der Waals surface area contributed by atoms with Gasteiger partial charge in [-0.15, -0.1) is 0 Å². The van der Waals surface area contributed by atoms with Crippen molar-refractivity contribution in [1.82, 2.24) is 5.32 Å². The number of methoxy groups -OCH3 is 1. The number of carbonyl (C=O) groups is 4. The van der Waals surface area contributed by atoms with E-state index in [1.165, 1.54) is 31.4 Å². The lowest BCUT2D eigenvalue weighted by atomic mass is 10.2. The summed E-state index contributed by atoms with van der Waals surface area (Å²) in [7, 11) is 1.48. The van der Waals surface area contributed by atoms with Crippen molar-refractivity contribution in [3.05, 3.63) is 54.1 Å². The summed E-state index contributed by atoms with van der Waals surface area (Å²) in [6.45, 7) is 1.57. The van der Waals surface area contributed by atoms with Crippen LogP contribution in [0.4, 0.5) is 11.4 Å². The van der Waals surface area contributed by atoms with Crippen LogP contribution in [0.25, 0.3) is 0 Å². The predicted octanol–water partition coefficient (Wildman–Crippen LogP) is 1.57. The van der Waals surface area contributed by atoms with Gasteiger partial charge >= 0.3 is 17.8 Å². The summed E-state index contributed by atoms with van der Waals surface area (Å²) < 4.78 is 9.91. The first-order chi connectivity index (χ1) is 13.9. The van der Waals surface area contributed by atoms with Crippen molar-refractivity contribution in [2.45, 2.75) is 6.92 Å². The number of hydrogen-bond acceptors (Lipinski definition) is 6. The maximum absolute atomic E-state index is 11.9.